The monoisotopic (exact) mass is 433 g/mol. The summed E-state index contributed by atoms with van der Waals surface area (Å²) in [6.07, 6.45) is 5.67. The third-order valence-electron chi connectivity index (χ3n) is 5.72. The number of ether oxygens (including phenoxy) is 1. The molecule has 0 spiro atoms. The second kappa shape index (κ2) is 7.67. The van der Waals surface area contributed by atoms with E-state index >= 15 is 0 Å². The summed E-state index contributed by atoms with van der Waals surface area (Å²) in [6, 6.07) is 11.8. The van der Waals surface area contributed by atoms with Gasteiger partial charge in [0.2, 0.25) is 5.88 Å². The number of aromatic nitrogens is 4. The lowest BCUT2D eigenvalue weighted by Gasteiger charge is -2.35. The number of nitrogens with zero attached hydrogens (tertiary/aromatic N) is 5. The van der Waals surface area contributed by atoms with Crippen LogP contribution in [0.1, 0.15) is 34.6 Å². The van der Waals surface area contributed by atoms with Gasteiger partial charge < -0.3 is 9.64 Å². The predicted octanol–water partition coefficient (Wildman–Crippen LogP) is 4.21. The molecule has 3 aromatic heterocycles. The summed E-state index contributed by atoms with van der Waals surface area (Å²) in [5.41, 5.74) is 5.32. The molecular formula is C23H20ClN5O2. The van der Waals surface area contributed by atoms with Gasteiger partial charge in [0.25, 0.3) is 5.91 Å². The number of hydrogen-bond acceptors (Lipinski definition) is 5. The van der Waals surface area contributed by atoms with Crippen LogP contribution in [0.25, 0.3) is 16.8 Å². The van der Waals surface area contributed by atoms with E-state index in [4.69, 9.17) is 16.3 Å². The van der Waals surface area contributed by atoms with E-state index in [9.17, 15) is 4.79 Å². The van der Waals surface area contributed by atoms with Crippen molar-refractivity contribution in [1.82, 2.24) is 24.5 Å². The second-order valence-electron chi connectivity index (χ2n) is 7.50. The van der Waals surface area contributed by atoms with E-state index in [1.54, 1.807) is 31.8 Å². The van der Waals surface area contributed by atoms with Crippen LogP contribution >= 0.6 is 11.6 Å². The SMILES string of the molecule is COc1ncccc1-c1ccc2c(c1)CCN(C(=O)c1cc3ncc(Cl)cn3n1)C2C. The van der Waals surface area contributed by atoms with Crippen molar-refractivity contribution in [3.05, 3.63) is 76.8 Å². The van der Waals surface area contributed by atoms with Gasteiger partial charge in [0.05, 0.1) is 24.4 Å². The average molecular weight is 434 g/mol. The van der Waals surface area contributed by atoms with Gasteiger partial charge >= 0.3 is 0 Å². The van der Waals surface area contributed by atoms with Crippen LogP contribution in [0.5, 0.6) is 5.88 Å². The van der Waals surface area contributed by atoms with E-state index in [2.05, 4.69) is 33.3 Å². The number of halogens is 1. The zero-order valence-corrected chi connectivity index (χ0v) is 17.9. The first-order valence-electron chi connectivity index (χ1n) is 9.99. The van der Waals surface area contributed by atoms with Crippen molar-refractivity contribution in [3.63, 3.8) is 0 Å². The maximum absolute atomic E-state index is 13.2. The van der Waals surface area contributed by atoms with Crippen molar-refractivity contribution < 1.29 is 9.53 Å². The molecule has 0 fully saturated rings. The molecular weight excluding hydrogens is 414 g/mol. The van der Waals surface area contributed by atoms with Gasteiger partial charge in [0, 0.05) is 30.6 Å². The van der Waals surface area contributed by atoms with Gasteiger partial charge in [0.1, 0.15) is 0 Å². The van der Waals surface area contributed by atoms with Gasteiger partial charge in [-0.15, -0.1) is 0 Å². The summed E-state index contributed by atoms with van der Waals surface area (Å²) in [4.78, 5) is 23.6. The maximum atomic E-state index is 13.2. The molecule has 156 valence electrons. The maximum Gasteiger partial charge on any atom is 0.274 e. The first kappa shape index (κ1) is 19.5. The Kier molecular flexibility index (Phi) is 4.82. The molecule has 0 N–H and O–H groups in total. The van der Waals surface area contributed by atoms with Gasteiger partial charge in [-0.3, -0.25) is 4.79 Å². The number of rotatable bonds is 3. The fourth-order valence-corrected chi connectivity index (χ4v) is 4.30. The predicted molar refractivity (Wildman–Crippen MR) is 117 cm³/mol. The normalized spacial score (nSPS) is 15.7. The van der Waals surface area contributed by atoms with Crippen molar-refractivity contribution in [2.24, 2.45) is 0 Å². The highest BCUT2D eigenvalue weighted by molar-refractivity contribution is 6.30. The molecule has 5 rings (SSSR count). The summed E-state index contributed by atoms with van der Waals surface area (Å²) < 4.78 is 6.94. The zero-order chi connectivity index (χ0) is 21.5. The standard InChI is InChI=1S/C23H20ClN5O2/c1-14-18-6-5-15(19-4-3-8-25-22(19)31-2)10-16(18)7-9-28(14)23(30)20-11-21-26-12-17(24)13-29(21)27-20/h3-6,8,10-14H,7,9H2,1-2H3. The molecule has 0 bridgehead atoms. The fraction of sp³-hybridized carbons (Fsp3) is 0.217. The van der Waals surface area contributed by atoms with Crippen LogP contribution < -0.4 is 4.74 Å². The van der Waals surface area contributed by atoms with Crippen molar-refractivity contribution in [3.8, 4) is 17.0 Å². The summed E-state index contributed by atoms with van der Waals surface area (Å²) in [6.45, 7) is 2.66. The van der Waals surface area contributed by atoms with Crippen LogP contribution in [-0.2, 0) is 6.42 Å². The number of fused-ring (bicyclic) bond motifs is 2. The molecule has 1 amide bonds. The Labute approximate surface area is 184 Å². The Balaban J connectivity index is 1.44. The zero-order valence-electron chi connectivity index (χ0n) is 17.1. The number of hydrogen-bond donors (Lipinski definition) is 0. The van der Waals surface area contributed by atoms with E-state index < -0.39 is 0 Å². The average Bonchev–Trinajstić information content (AvgIpc) is 3.22. The smallest absolute Gasteiger partial charge is 0.274 e. The van der Waals surface area contributed by atoms with Gasteiger partial charge in [-0.25, -0.2) is 14.5 Å². The Morgan fingerprint density at radius 1 is 1.23 bits per heavy atom. The largest absolute Gasteiger partial charge is 0.481 e. The second-order valence-corrected chi connectivity index (χ2v) is 7.94. The molecule has 0 saturated carbocycles. The van der Waals surface area contributed by atoms with Crippen molar-refractivity contribution >= 4 is 23.2 Å². The van der Waals surface area contributed by atoms with Crippen molar-refractivity contribution in [2.75, 3.05) is 13.7 Å². The first-order valence-corrected chi connectivity index (χ1v) is 10.4. The fourth-order valence-electron chi connectivity index (χ4n) is 4.16. The summed E-state index contributed by atoms with van der Waals surface area (Å²) in [7, 11) is 1.62. The molecule has 7 nitrogen and oxygen atoms in total. The molecule has 8 heteroatoms. The molecule has 0 aliphatic carbocycles. The number of carbonyl (C=O) groups is 1. The highest BCUT2D eigenvalue weighted by Crippen LogP contribution is 2.35. The summed E-state index contributed by atoms with van der Waals surface area (Å²) in [5, 5.41) is 4.84. The topological polar surface area (TPSA) is 72.6 Å². The number of pyridine rings is 1. The highest BCUT2D eigenvalue weighted by atomic mass is 35.5. The van der Waals surface area contributed by atoms with E-state index in [1.165, 1.54) is 10.1 Å². The lowest BCUT2D eigenvalue weighted by molar-refractivity contribution is 0.0671. The third-order valence-corrected chi connectivity index (χ3v) is 5.92. The van der Waals surface area contributed by atoms with Gasteiger partial charge in [-0.2, -0.15) is 5.10 Å². The minimum atomic E-state index is -0.113. The lowest BCUT2D eigenvalue weighted by atomic mass is 9.90. The van der Waals surface area contributed by atoms with Crippen LogP contribution in [0.3, 0.4) is 0 Å². The highest BCUT2D eigenvalue weighted by Gasteiger charge is 2.30. The number of benzene rings is 1. The molecule has 0 radical (unpaired) electrons. The molecule has 31 heavy (non-hydrogen) atoms. The van der Waals surface area contributed by atoms with E-state index in [1.807, 2.05) is 24.0 Å². The Hall–Kier alpha value is -3.45. The quantitative estimate of drug-likeness (QED) is 0.484. The number of methoxy groups -OCH3 is 1. The van der Waals surface area contributed by atoms with Gasteiger partial charge in [0.15, 0.2) is 11.3 Å². The van der Waals surface area contributed by atoms with E-state index in [-0.39, 0.29) is 11.9 Å². The minimum Gasteiger partial charge on any atom is -0.481 e. The lowest BCUT2D eigenvalue weighted by Crippen LogP contribution is -2.39. The molecule has 1 aromatic carbocycles. The Morgan fingerprint density at radius 3 is 2.94 bits per heavy atom. The molecule has 1 aliphatic rings. The Morgan fingerprint density at radius 2 is 2.10 bits per heavy atom. The van der Waals surface area contributed by atoms with Gasteiger partial charge in [-0.1, -0.05) is 29.8 Å². The Bertz CT molecular complexity index is 1300. The molecule has 0 saturated heterocycles. The first-order chi connectivity index (χ1) is 15.0. The summed E-state index contributed by atoms with van der Waals surface area (Å²) >= 11 is 5.98. The van der Waals surface area contributed by atoms with Crippen molar-refractivity contribution in [1.29, 1.82) is 0 Å². The number of carbonyl (C=O) groups excluding carboxylic acids is 1. The van der Waals surface area contributed by atoms with E-state index in [0.29, 0.717) is 28.8 Å². The number of amides is 1. The van der Waals surface area contributed by atoms with Gasteiger partial charge in [-0.05, 0) is 42.2 Å². The van der Waals surface area contributed by atoms with Crippen LogP contribution in [0.15, 0.2) is 55.0 Å². The molecule has 1 unspecified atom stereocenters. The third kappa shape index (κ3) is 3.41. The minimum absolute atomic E-state index is 0.0672. The van der Waals surface area contributed by atoms with E-state index in [0.717, 1.165) is 23.1 Å². The van der Waals surface area contributed by atoms with Crippen LogP contribution in [-0.4, -0.2) is 44.0 Å². The molecule has 1 atom stereocenters. The molecule has 1 aliphatic heterocycles. The van der Waals surface area contributed by atoms with Crippen LogP contribution in [0.2, 0.25) is 5.02 Å². The molecule has 4 heterocycles. The van der Waals surface area contributed by atoms with Crippen LogP contribution in [0, 0.1) is 0 Å². The van der Waals surface area contributed by atoms with Crippen LogP contribution in [0.4, 0.5) is 0 Å². The van der Waals surface area contributed by atoms with Crippen molar-refractivity contribution in [2.45, 2.75) is 19.4 Å². The molecule has 4 aromatic rings. The summed E-state index contributed by atoms with van der Waals surface area (Å²) in [5.74, 6) is 0.487.